The van der Waals surface area contributed by atoms with Crippen LogP contribution in [0.15, 0.2) is 0 Å². The molecule has 3 unspecified atom stereocenters. The number of carbonyl (C=O) groups is 4. The number of phosphoric acid groups is 2. The van der Waals surface area contributed by atoms with Crippen molar-refractivity contribution in [3.05, 3.63) is 0 Å². The summed E-state index contributed by atoms with van der Waals surface area (Å²) >= 11 is 0. The van der Waals surface area contributed by atoms with Crippen LogP contribution in [0.1, 0.15) is 466 Å². The second-order valence-corrected chi connectivity index (χ2v) is 35.7. The largest absolute Gasteiger partial charge is 0.472 e. The number of carbonyl (C=O) groups excluding carboxylic acids is 4. The van der Waals surface area contributed by atoms with Crippen molar-refractivity contribution < 1.29 is 80.2 Å². The van der Waals surface area contributed by atoms with E-state index in [0.29, 0.717) is 25.7 Å². The zero-order valence-electron chi connectivity index (χ0n) is 70.6. The van der Waals surface area contributed by atoms with E-state index in [4.69, 9.17) is 37.0 Å². The molecule has 6 atom stereocenters. The smallest absolute Gasteiger partial charge is 0.462 e. The topological polar surface area (TPSA) is 237 Å². The molecule has 0 aliphatic carbocycles. The van der Waals surface area contributed by atoms with Crippen molar-refractivity contribution in [3.63, 3.8) is 0 Å². The van der Waals surface area contributed by atoms with Crippen molar-refractivity contribution in [1.29, 1.82) is 0 Å². The Morgan fingerprint density at radius 3 is 0.710 bits per heavy atom. The number of esters is 4. The van der Waals surface area contributed by atoms with Gasteiger partial charge in [-0.25, -0.2) is 9.13 Å². The van der Waals surface area contributed by atoms with Crippen molar-refractivity contribution in [2.24, 2.45) is 17.8 Å². The number of unbranched alkanes of at least 4 members (excludes halogenated alkanes) is 53. The van der Waals surface area contributed by atoms with E-state index < -0.39 is 97.5 Å². The van der Waals surface area contributed by atoms with Crippen LogP contribution in [-0.2, 0) is 65.4 Å². The molecule has 17 nitrogen and oxygen atoms in total. The Hall–Kier alpha value is -1.94. The maximum Gasteiger partial charge on any atom is 0.472 e. The van der Waals surface area contributed by atoms with Crippen LogP contribution in [0.5, 0.6) is 0 Å². The highest BCUT2D eigenvalue weighted by Crippen LogP contribution is 2.45. The van der Waals surface area contributed by atoms with Gasteiger partial charge in [0.05, 0.1) is 26.4 Å². The van der Waals surface area contributed by atoms with Gasteiger partial charge in [-0.15, -0.1) is 0 Å². The van der Waals surface area contributed by atoms with Gasteiger partial charge in [-0.1, -0.05) is 414 Å². The lowest BCUT2D eigenvalue weighted by atomic mass is 9.99. The number of hydrogen-bond acceptors (Lipinski definition) is 15. The van der Waals surface area contributed by atoms with Crippen LogP contribution < -0.4 is 0 Å². The van der Waals surface area contributed by atoms with E-state index in [9.17, 15) is 43.2 Å². The predicted molar refractivity (Wildman–Crippen MR) is 441 cm³/mol. The van der Waals surface area contributed by atoms with Gasteiger partial charge >= 0.3 is 39.5 Å². The van der Waals surface area contributed by atoms with Crippen molar-refractivity contribution in [1.82, 2.24) is 0 Å². The lowest BCUT2D eigenvalue weighted by Crippen LogP contribution is -2.30. The maximum absolute atomic E-state index is 13.2. The van der Waals surface area contributed by atoms with Crippen molar-refractivity contribution in [3.8, 4) is 0 Å². The predicted octanol–water partition coefficient (Wildman–Crippen LogP) is 26.9. The van der Waals surface area contributed by atoms with Crippen LogP contribution in [-0.4, -0.2) is 96.7 Å². The molecule has 636 valence electrons. The average molecular weight is 1560 g/mol. The molecular formula is C88H172O17P2. The molecule has 19 heteroatoms. The molecule has 0 aliphatic heterocycles. The minimum Gasteiger partial charge on any atom is -0.462 e. The van der Waals surface area contributed by atoms with Gasteiger partial charge < -0.3 is 33.8 Å². The van der Waals surface area contributed by atoms with Gasteiger partial charge in [-0.05, 0) is 43.4 Å². The Labute approximate surface area is 658 Å². The summed E-state index contributed by atoms with van der Waals surface area (Å²) in [5.41, 5.74) is 0. The average Bonchev–Trinajstić information content (AvgIpc) is 0.904. The fourth-order valence-corrected chi connectivity index (χ4v) is 15.3. The van der Waals surface area contributed by atoms with Gasteiger partial charge in [0.1, 0.15) is 19.3 Å². The standard InChI is InChI=1S/C88H172O17P2/c1-8-10-11-12-13-14-31-41-48-55-62-69-85(90)98-75-83(105-88(93)72-65-58-51-44-37-30-29-33-39-46-53-60-67-80(5)6)77-102-106(94,95)100-73-82(89)74-101-107(96,97)103-78-84(76-99-86(91)70-63-56-49-42-35-27-23-20-19-21-25-32-38-45-52-59-66-79(3)4)104-87(92)71-64-57-50-43-36-28-24-18-16-15-17-22-26-34-40-47-54-61-68-81(7)9-2/h79-84,89H,8-78H2,1-7H3,(H,94,95)(H,96,97)/t81?,82-,83+,84+/m0/s1. The molecule has 0 saturated heterocycles. The van der Waals surface area contributed by atoms with E-state index in [1.807, 2.05) is 0 Å². The van der Waals surface area contributed by atoms with Crippen molar-refractivity contribution >= 4 is 39.5 Å². The van der Waals surface area contributed by atoms with E-state index in [2.05, 4.69) is 48.5 Å². The second kappa shape index (κ2) is 78.0. The van der Waals surface area contributed by atoms with Gasteiger partial charge in [0.25, 0.3) is 0 Å². The molecule has 107 heavy (non-hydrogen) atoms. The highest BCUT2D eigenvalue weighted by atomic mass is 31.2. The number of phosphoric ester groups is 2. The lowest BCUT2D eigenvalue weighted by molar-refractivity contribution is -0.161. The Balaban J connectivity index is 5.23. The first-order valence-corrected chi connectivity index (χ1v) is 48.4. The van der Waals surface area contributed by atoms with E-state index in [0.717, 1.165) is 108 Å². The highest BCUT2D eigenvalue weighted by Gasteiger charge is 2.31. The summed E-state index contributed by atoms with van der Waals surface area (Å²) in [4.78, 5) is 73.3. The number of hydrogen-bond donors (Lipinski definition) is 3. The fraction of sp³-hybridized carbons (Fsp3) is 0.955. The summed E-state index contributed by atoms with van der Waals surface area (Å²) in [7, 11) is -9.93. The third kappa shape index (κ3) is 80.5. The molecule has 0 rings (SSSR count). The van der Waals surface area contributed by atoms with Gasteiger partial charge in [-0.2, -0.15) is 0 Å². The highest BCUT2D eigenvalue weighted by molar-refractivity contribution is 7.47. The van der Waals surface area contributed by atoms with Crippen LogP contribution in [0.3, 0.4) is 0 Å². The van der Waals surface area contributed by atoms with E-state index in [-0.39, 0.29) is 25.7 Å². The quantitative estimate of drug-likeness (QED) is 0.0222. The van der Waals surface area contributed by atoms with Crippen molar-refractivity contribution in [2.45, 2.75) is 484 Å². The summed E-state index contributed by atoms with van der Waals surface area (Å²) in [6, 6.07) is 0. The zero-order valence-corrected chi connectivity index (χ0v) is 72.4. The number of rotatable bonds is 86. The van der Waals surface area contributed by atoms with Gasteiger partial charge in [-0.3, -0.25) is 37.3 Å². The summed E-state index contributed by atoms with van der Waals surface area (Å²) in [6.45, 7) is 12.1. The summed E-state index contributed by atoms with van der Waals surface area (Å²) in [6.07, 6.45) is 69.3. The van der Waals surface area contributed by atoms with E-state index in [1.165, 1.54) is 276 Å². The van der Waals surface area contributed by atoms with Gasteiger partial charge in [0.15, 0.2) is 12.2 Å². The summed E-state index contributed by atoms with van der Waals surface area (Å²) in [5.74, 6) is 0.359. The Morgan fingerprint density at radius 1 is 0.271 bits per heavy atom. The molecule has 3 N–H and O–H groups in total. The second-order valence-electron chi connectivity index (χ2n) is 32.8. The molecule has 0 radical (unpaired) electrons. The first-order valence-electron chi connectivity index (χ1n) is 45.4. The Morgan fingerprint density at radius 2 is 0.477 bits per heavy atom. The first-order chi connectivity index (χ1) is 51.8. The minimum absolute atomic E-state index is 0.107. The van der Waals surface area contributed by atoms with Crippen LogP contribution >= 0.6 is 15.6 Å². The maximum atomic E-state index is 13.2. The lowest BCUT2D eigenvalue weighted by Gasteiger charge is -2.21. The van der Waals surface area contributed by atoms with Crippen LogP contribution in [0.25, 0.3) is 0 Å². The molecule has 0 heterocycles. The molecule has 0 aromatic carbocycles. The monoisotopic (exact) mass is 1560 g/mol. The number of aliphatic hydroxyl groups excluding tert-OH is 1. The third-order valence-electron chi connectivity index (χ3n) is 21.0. The molecule has 0 saturated carbocycles. The van der Waals surface area contributed by atoms with Crippen LogP contribution in [0.2, 0.25) is 0 Å². The molecule has 0 fully saturated rings. The molecule has 0 amide bonds. The van der Waals surface area contributed by atoms with Gasteiger partial charge in [0.2, 0.25) is 0 Å². The van der Waals surface area contributed by atoms with E-state index >= 15 is 0 Å². The molecule has 0 aliphatic rings. The van der Waals surface area contributed by atoms with Crippen molar-refractivity contribution in [2.75, 3.05) is 39.6 Å². The minimum atomic E-state index is -4.97. The van der Waals surface area contributed by atoms with Gasteiger partial charge in [0, 0.05) is 25.7 Å². The van der Waals surface area contributed by atoms with Crippen LogP contribution in [0, 0.1) is 17.8 Å². The number of aliphatic hydroxyl groups is 1. The number of ether oxygens (including phenoxy) is 4. The zero-order chi connectivity index (χ0) is 78.6. The molecule has 0 bridgehead atoms. The molecule has 0 spiro atoms. The first kappa shape index (κ1) is 105. The molecule has 0 aromatic rings. The SMILES string of the molecule is CCCCCCCCCCCCCC(=O)OC[C@H](COP(=O)(O)OC[C@H](O)COP(=O)(O)OC[C@@H](COC(=O)CCCCCCCCCCCCCCCCCCC(C)C)OC(=O)CCCCCCCCCCCCCCCCCCCCC(C)CC)OC(=O)CCCCCCCCCCCCCCC(C)C. The normalized spacial score (nSPS) is 14.1. The van der Waals surface area contributed by atoms with E-state index in [1.54, 1.807) is 0 Å². The summed E-state index contributed by atoms with van der Waals surface area (Å²) < 4.78 is 69.0. The Bertz CT molecular complexity index is 2060. The van der Waals surface area contributed by atoms with Crippen LogP contribution in [0.4, 0.5) is 0 Å². The molecular weight excluding hydrogens is 1390 g/mol. The fourth-order valence-electron chi connectivity index (χ4n) is 13.7. The third-order valence-corrected chi connectivity index (χ3v) is 22.9. The molecule has 0 aromatic heterocycles. The summed E-state index contributed by atoms with van der Waals surface area (Å²) in [5, 5.41) is 10.7. The Kier molecular flexibility index (Phi) is 76.6.